The van der Waals surface area contributed by atoms with Gasteiger partial charge in [0.05, 0.1) is 48.6 Å². The maximum Gasteiger partial charge on any atom is 0.407 e. The van der Waals surface area contributed by atoms with Gasteiger partial charge in [0.2, 0.25) is 0 Å². The number of rotatable bonds is 3. The summed E-state index contributed by atoms with van der Waals surface area (Å²) in [5.41, 5.74) is 3.70. The van der Waals surface area contributed by atoms with Crippen molar-refractivity contribution in [1.82, 2.24) is 19.9 Å². The number of H-pyrrole nitrogens is 1. The zero-order valence-corrected chi connectivity index (χ0v) is 16.8. The Morgan fingerprint density at radius 1 is 1.28 bits per heavy atom. The molecule has 9 nitrogen and oxygen atoms in total. The van der Waals surface area contributed by atoms with E-state index in [-0.39, 0.29) is 0 Å². The molecule has 0 bridgehead atoms. The van der Waals surface area contributed by atoms with Gasteiger partial charge < -0.3 is 29.4 Å². The number of amides is 1. The van der Waals surface area contributed by atoms with Gasteiger partial charge in [-0.2, -0.15) is 0 Å². The number of anilines is 1. The summed E-state index contributed by atoms with van der Waals surface area (Å²) >= 11 is 1.57. The summed E-state index contributed by atoms with van der Waals surface area (Å²) in [4.78, 5) is 27.8. The lowest BCUT2D eigenvalue weighted by Gasteiger charge is -2.29. The molecule has 0 radical (unpaired) electrons. The Morgan fingerprint density at radius 2 is 2.10 bits per heavy atom. The van der Waals surface area contributed by atoms with E-state index < -0.39 is 6.09 Å². The zero-order valence-electron chi connectivity index (χ0n) is 16.0. The number of carboxylic acid groups (broad SMARTS) is 1. The van der Waals surface area contributed by atoms with E-state index in [2.05, 4.69) is 16.0 Å². The van der Waals surface area contributed by atoms with E-state index in [1.54, 1.807) is 18.4 Å². The first-order valence-electron chi connectivity index (χ1n) is 9.50. The maximum absolute atomic E-state index is 11.3. The predicted octanol–water partition coefficient (Wildman–Crippen LogP) is 2.57. The third-order valence-corrected chi connectivity index (χ3v) is 6.45. The summed E-state index contributed by atoms with van der Waals surface area (Å²) in [6, 6.07) is 4.03. The minimum Gasteiger partial charge on any atom is -0.494 e. The lowest BCUT2D eigenvalue weighted by atomic mass is 10.1. The SMILES string of the molecule is COc1ccc(N2CCOCC2)c2sc(-c3nc4c([nH]3)CN(C(=O)O)CC4)nc12. The minimum atomic E-state index is -0.910. The van der Waals surface area contributed by atoms with Gasteiger partial charge in [-0.15, -0.1) is 11.3 Å². The van der Waals surface area contributed by atoms with E-state index in [0.717, 1.165) is 51.1 Å². The number of ether oxygens (including phenoxy) is 2. The van der Waals surface area contributed by atoms with Gasteiger partial charge in [0.25, 0.3) is 0 Å². The standard InChI is InChI=1S/C19H21N5O4S/c1-27-14-3-2-13(23-6-8-28-9-7-23)16-15(14)22-18(29-16)17-20-11-4-5-24(19(25)26)10-12(11)21-17/h2-3H,4-10H2,1H3,(H,20,21)(H,25,26). The number of fused-ring (bicyclic) bond motifs is 2. The van der Waals surface area contributed by atoms with Crippen LogP contribution in [-0.2, 0) is 17.7 Å². The molecule has 2 aromatic heterocycles. The summed E-state index contributed by atoms with van der Waals surface area (Å²) in [6.45, 7) is 3.89. The number of nitrogens with one attached hydrogen (secondary N) is 1. The Bertz CT molecular complexity index is 1070. The Hall–Kier alpha value is -2.85. The van der Waals surface area contributed by atoms with Gasteiger partial charge in [-0.25, -0.2) is 14.8 Å². The van der Waals surface area contributed by atoms with Gasteiger partial charge in [0.15, 0.2) is 10.8 Å². The first kappa shape index (κ1) is 18.2. The van der Waals surface area contributed by atoms with Crippen molar-refractivity contribution in [3.05, 3.63) is 23.5 Å². The molecule has 1 saturated heterocycles. The van der Waals surface area contributed by atoms with Crippen LogP contribution in [0.5, 0.6) is 5.75 Å². The molecule has 4 heterocycles. The molecular formula is C19H21N5O4S. The van der Waals surface area contributed by atoms with Crippen molar-refractivity contribution in [3.63, 3.8) is 0 Å². The van der Waals surface area contributed by atoms with Crippen LogP contribution in [0.1, 0.15) is 11.4 Å². The van der Waals surface area contributed by atoms with Crippen LogP contribution in [0.15, 0.2) is 12.1 Å². The molecule has 2 aliphatic heterocycles. The van der Waals surface area contributed by atoms with Crippen molar-refractivity contribution in [3.8, 4) is 16.6 Å². The van der Waals surface area contributed by atoms with Gasteiger partial charge in [-0.3, -0.25) is 0 Å². The molecule has 0 unspecified atom stereocenters. The molecule has 0 aliphatic carbocycles. The summed E-state index contributed by atoms with van der Waals surface area (Å²) in [5.74, 6) is 1.41. The van der Waals surface area contributed by atoms with E-state index in [4.69, 9.17) is 19.4 Å². The quantitative estimate of drug-likeness (QED) is 0.677. The molecule has 5 rings (SSSR count). The topological polar surface area (TPSA) is 104 Å². The van der Waals surface area contributed by atoms with Gasteiger partial charge in [-0.1, -0.05) is 0 Å². The van der Waals surface area contributed by atoms with Crippen LogP contribution in [0.4, 0.5) is 10.5 Å². The Balaban J connectivity index is 1.55. The number of methoxy groups -OCH3 is 1. The number of nitrogens with zero attached hydrogens (tertiary/aromatic N) is 4. The monoisotopic (exact) mass is 415 g/mol. The smallest absolute Gasteiger partial charge is 0.407 e. The number of aromatic amines is 1. The number of hydrogen-bond acceptors (Lipinski definition) is 7. The fraction of sp³-hybridized carbons (Fsp3) is 0.421. The number of hydrogen-bond donors (Lipinski definition) is 2. The van der Waals surface area contributed by atoms with Crippen LogP contribution in [-0.4, -0.2) is 71.0 Å². The third-order valence-electron chi connectivity index (χ3n) is 5.36. The fourth-order valence-electron chi connectivity index (χ4n) is 3.85. The van der Waals surface area contributed by atoms with Crippen LogP contribution in [0.3, 0.4) is 0 Å². The minimum absolute atomic E-state index is 0.324. The summed E-state index contributed by atoms with van der Waals surface area (Å²) in [6.07, 6.45) is -0.308. The Labute approximate surface area is 170 Å². The van der Waals surface area contributed by atoms with Crippen molar-refractivity contribution in [2.24, 2.45) is 0 Å². The van der Waals surface area contributed by atoms with Crippen LogP contribution in [0.2, 0.25) is 0 Å². The lowest BCUT2D eigenvalue weighted by molar-refractivity contribution is 0.123. The second-order valence-electron chi connectivity index (χ2n) is 7.05. The molecule has 2 aliphatic rings. The first-order chi connectivity index (χ1) is 14.1. The number of benzene rings is 1. The van der Waals surface area contributed by atoms with Crippen molar-refractivity contribution in [1.29, 1.82) is 0 Å². The molecule has 0 atom stereocenters. The van der Waals surface area contributed by atoms with Gasteiger partial charge in [0.1, 0.15) is 11.3 Å². The highest BCUT2D eigenvalue weighted by atomic mass is 32.1. The third kappa shape index (κ3) is 3.18. The largest absolute Gasteiger partial charge is 0.494 e. The zero-order chi connectivity index (χ0) is 20.0. The number of thiazole rings is 1. The molecule has 10 heteroatoms. The van der Waals surface area contributed by atoms with Crippen molar-refractivity contribution in [2.75, 3.05) is 44.9 Å². The molecule has 0 saturated carbocycles. The Morgan fingerprint density at radius 3 is 2.86 bits per heavy atom. The maximum atomic E-state index is 11.3. The fourth-order valence-corrected chi connectivity index (χ4v) is 4.92. The summed E-state index contributed by atoms with van der Waals surface area (Å²) < 4.78 is 12.1. The molecule has 0 spiro atoms. The normalized spacial score (nSPS) is 16.9. The average molecular weight is 415 g/mol. The highest BCUT2D eigenvalue weighted by Gasteiger charge is 2.25. The van der Waals surface area contributed by atoms with E-state index >= 15 is 0 Å². The van der Waals surface area contributed by atoms with Crippen LogP contribution in [0.25, 0.3) is 21.0 Å². The second-order valence-corrected chi connectivity index (χ2v) is 8.05. The van der Waals surface area contributed by atoms with Crippen molar-refractivity contribution in [2.45, 2.75) is 13.0 Å². The number of carbonyl (C=O) groups is 1. The lowest BCUT2D eigenvalue weighted by Crippen LogP contribution is -2.36. The Kier molecular flexibility index (Phi) is 4.51. The number of imidazole rings is 1. The number of aromatic nitrogens is 3. The molecule has 1 amide bonds. The molecular weight excluding hydrogens is 394 g/mol. The van der Waals surface area contributed by atoms with Crippen LogP contribution in [0, 0.1) is 0 Å². The summed E-state index contributed by atoms with van der Waals surface area (Å²) in [5, 5.41) is 10.0. The molecule has 29 heavy (non-hydrogen) atoms. The van der Waals surface area contributed by atoms with Crippen LogP contribution >= 0.6 is 11.3 Å². The highest BCUT2D eigenvalue weighted by molar-refractivity contribution is 7.22. The van der Waals surface area contributed by atoms with Gasteiger partial charge in [-0.05, 0) is 12.1 Å². The first-order valence-corrected chi connectivity index (χ1v) is 10.3. The molecule has 152 valence electrons. The average Bonchev–Trinajstić information content (AvgIpc) is 3.37. The van der Waals surface area contributed by atoms with Gasteiger partial charge in [0, 0.05) is 26.1 Å². The predicted molar refractivity (Wildman–Crippen MR) is 109 cm³/mol. The molecule has 2 N–H and O–H groups in total. The van der Waals surface area contributed by atoms with Crippen molar-refractivity contribution >= 4 is 33.3 Å². The van der Waals surface area contributed by atoms with E-state index in [0.29, 0.717) is 38.5 Å². The van der Waals surface area contributed by atoms with Gasteiger partial charge >= 0.3 is 6.09 Å². The van der Waals surface area contributed by atoms with E-state index in [9.17, 15) is 9.90 Å². The van der Waals surface area contributed by atoms with E-state index in [1.165, 1.54) is 4.90 Å². The molecule has 1 fully saturated rings. The van der Waals surface area contributed by atoms with Crippen LogP contribution < -0.4 is 9.64 Å². The second kappa shape index (κ2) is 7.20. The molecule has 1 aromatic carbocycles. The highest BCUT2D eigenvalue weighted by Crippen LogP contribution is 2.40. The van der Waals surface area contributed by atoms with Crippen molar-refractivity contribution < 1.29 is 19.4 Å². The number of morpholine rings is 1. The summed E-state index contributed by atoms with van der Waals surface area (Å²) in [7, 11) is 1.65. The molecule has 3 aromatic rings. The van der Waals surface area contributed by atoms with E-state index in [1.807, 2.05) is 6.07 Å².